The van der Waals surface area contributed by atoms with Gasteiger partial charge in [0, 0.05) is 21.2 Å². The average molecular weight is 421 g/mol. The number of hydrogen-bond donors (Lipinski definition) is 1. The predicted octanol–water partition coefficient (Wildman–Crippen LogP) is 3.92. The molecule has 0 heterocycles. The first kappa shape index (κ1) is 17.0. The zero-order chi connectivity index (χ0) is 15.4. The van der Waals surface area contributed by atoms with E-state index < -0.39 is 0 Å². The number of halogens is 2. The maximum Gasteiger partial charge on any atom is 0.255 e. The van der Waals surface area contributed by atoms with Gasteiger partial charge in [0.05, 0.1) is 5.56 Å². The van der Waals surface area contributed by atoms with E-state index in [9.17, 15) is 4.79 Å². The molecule has 1 aromatic rings. The standard InChI is InChI=1S/C16H22ClIN2O/c1-2-20(15-6-4-3-5-11(15)10-19)16(21)13-9-12(17)7-8-14(13)18/h7-9,11,15H,2-6,10,19H2,1H3. The Labute approximate surface area is 145 Å². The SMILES string of the molecule is CCN(C(=O)c1cc(Cl)ccc1I)C1CCCCC1CN. The highest BCUT2D eigenvalue weighted by molar-refractivity contribution is 14.1. The van der Waals surface area contributed by atoms with Crippen LogP contribution in [0.4, 0.5) is 0 Å². The summed E-state index contributed by atoms with van der Waals surface area (Å²) in [5.74, 6) is 0.495. The maximum absolute atomic E-state index is 12.9. The number of carbonyl (C=O) groups excluding carboxylic acids is 1. The van der Waals surface area contributed by atoms with Crippen LogP contribution in [0, 0.1) is 9.49 Å². The fourth-order valence-corrected chi connectivity index (χ4v) is 3.96. The minimum absolute atomic E-state index is 0.0785. The number of nitrogens with zero attached hydrogens (tertiary/aromatic N) is 1. The zero-order valence-corrected chi connectivity index (χ0v) is 15.2. The summed E-state index contributed by atoms with van der Waals surface area (Å²) >= 11 is 8.25. The predicted molar refractivity (Wildman–Crippen MR) is 95.7 cm³/mol. The molecule has 0 spiro atoms. The summed E-state index contributed by atoms with van der Waals surface area (Å²) in [5.41, 5.74) is 6.62. The number of amides is 1. The third kappa shape index (κ3) is 3.90. The van der Waals surface area contributed by atoms with Gasteiger partial charge < -0.3 is 10.6 Å². The molecule has 1 saturated carbocycles. The van der Waals surface area contributed by atoms with Crippen molar-refractivity contribution in [1.29, 1.82) is 0 Å². The fourth-order valence-electron chi connectivity index (χ4n) is 3.22. The zero-order valence-electron chi connectivity index (χ0n) is 12.3. The Morgan fingerprint density at radius 2 is 2.14 bits per heavy atom. The third-order valence-corrected chi connectivity index (χ3v) is 5.51. The van der Waals surface area contributed by atoms with Crippen molar-refractivity contribution in [2.24, 2.45) is 11.7 Å². The molecule has 0 radical (unpaired) electrons. The second-order valence-corrected chi connectivity index (χ2v) is 7.16. The van der Waals surface area contributed by atoms with E-state index in [1.54, 1.807) is 6.07 Å². The van der Waals surface area contributed by atoms with Crippen LogP contribution < -0.4 is 5.73 Å². The number of rotatable bonds is 4. The van der Waals surface area contributed by atoms with E-state index in [0.717, 1.165) is 16.4 Å². The van der Waals surface area contributed by atoms with Gasteiger partial charge in [0.25, 0.3) is 5.91 Å². The van der Waals surface area contributed by atoms with E-state index in [1.807, 2.05) is 24.0 Å². The lowest BCUT2D eigenvalue weighted by Crippen LogP contribution is -2.48. The molecule has 21 heavy (non-hydrogen) atoms. The lowest BCUT2D eigenvalue weighted by Gasteiger charge is -2.39. The molecule has 1 amide bonds. The summed E-state index contributed by atoms with van der Waals surface area (Å²) in [4.78, 5) is 14.9. The third-order valence-electron chi connectivity index (χ3n) is 4.33. The number of hydrogen-bond acceptors (Lipinski definition) is 2. The van der Waals surface area contributed by atoms with E-state index >= 15 is 0 Å². The van der Waals surface area contributed by atoms with Crippen molar-refractivity contribution in [2.75, 3.05) is 13.1 Å². The summed E-state index contributed by atoms with van der Waals surface area (Å²) < 4.78 is 0.945. The summed E-state index contributed by atoms with van der Waals surface area (Å²) in [6, 6.07) is 5.75. The van der Waals surface area contributed by atoms with Crippen molar-refractivity contribution in [3.05, 3.63) is 32.4 Å². The Balaban J connectivity index is 2.27. The highest BCUT2D eigenvalue weighted by Gasteiger charge is 2.32. The number of carbonyl (C=O) groups is 1. The van der Waals surface area contributed by atoms with Gasteiger partial charge in [-0.15, -0.1) is 0 Å². The number of nitrogens with two attached hydrogens (primary N) is 1. The topological polar surface area (TPSA) is 46.3 Å². The summed E-state index contributed by atoms with van der Waals surface area (Å²) in [6.45, 7) is 3.40. The first-order valence-corrected chi connectivity index (χ1v) is 9.00. The molecule has 2 atom stereocenters. The molecule has 0 bridgehead atoms. The first-order valence-electron chi connectivity index (χ1n) is 7.54. The van der Waals surface area contributed by atoms with Crippen molar-refractivity contribution in [3.63, 3.8) is 0 Å². The normalized spacial score (nSPS) is 22.1. The minimum Gasteiger partial charge on any atom is -0.336 e. The fraction of sp³-hybridized carbons (Fsp3) is 0.562. The molecule has 1 aliphatic rings. The van der Waals surface area contributed by atoms with Crippen LogP contribution in [-0.2, 0) is 0 Å². The highest BCUT2D eigenvalue weighted by Crippen LogP contribution is 2.30. The molecular formula is C16H22ClIN2O. The highest BCUT2D eigenvalue weighted by atomic mass is 127. The van der Waals surface area contributed by atoms with E-state index in [1.165, 1.54) is 12.8 Å². The quantitative estimate of drug-likeness (QED) is 0.750. The van der Waals surface area contributed by atoms with Crippen molar-refractivity contribution < 1.29 is 4.79 Å². The van der Waals surface area contributed by atoms with Gasteiger partial charge in [-0.2, -0.15) is 0 Å². The molecular weight excluding hydrogens is 399 g/mol. The average Bonchev–Trinajstić information content (AvgIpc) is 2.50. The molecule has 5 heteroatoms. The lowest BCUT2D eigenvalue weighted by atomic mass is 9.83. The Morgan fingerprint density at radius 3 is 2.81 bits per heavy atom. The van der Waals surface area contributed by atoms with Crippen LogP contribution in [0.5, 0.6) is 0 Å². The summed E-state index contributed by atoms with van der Waals surface area (Å²) in [7, 11) is 0. The van der Waals surface area contributed by atoms with Crippen molar-refractivity contribution >= 4 is 40.1 Å². The molecule has 116 valence electrons. The summed E-state index contributed by atoms with van der Waals surface area (Å²) in [5, 5.41) is 0.605. The minimum atomic E-state index is 0.0785. The van der Waals surface area contributed by atoms with Crippen LogP contribution in [0.1, 0.15) is 43.0 Å². The van der Waals surface area contributed by atoms with E-state index in [0.29, 0.717) is 29.6 Å². The van der Waals surface area contributed by atoms with Crippen LogP contribution in [0.25, 0.3) is 0 Å². The first-order chi connectivity index (χ1) is 10.1. The van der Waals surface area contributed by atoms with Crippen molar-refractivity contribution in [2.45, 2.75) is 38.6 Å². The van der Waals surface area contributed by atoms with E-state index in [2.05, 4.69) is 22.6 Å². The Bertz CT molecular complexity index is 509. The van der Waals surface area contributed by atoms with E-state index in [-0.39, 0.29) is 11.9 Å². The van der Waals surface area contributed by atoms with E-state index in [4.69, 9.17) is 17.3 Å². The monoisotopic (exact) mass is 420 g/mol. The molecule has 0 aromatic heterocycles. The van der Waals surface area contributed by atoms with Gasteiger partial charge in [0.1, 0.15) is 0 Å². The van der Waals surface area contributed by atoms with Gasteiger partial charge in [0.2, 0.25) is 0 Å². The molecule has 2 N–H and O–H groups in total. The lowest BCUT2D eigenvalue weighted by molar-refractivity contribution is 0.0559. The number of benzene rings is 1. The molecule has 1 aliphatic carbocycles. The van der Waals surface area contributed by atoms with Crippen LogP contribution >= 0.6 is 34.2 Å². The largest absolute Gasteiger partial charge is 0.336 e. The summed E-state index contributed by atoms with van der Waals surface area (Å²) in [6.07, 6.45) is 4.58. The smallest absolute Gasteiger partial charge is 0.255 e. The Morgan fingerprint density at radius 1 is 1.43 bits per heavy atom. The molecule has 0 aliphatic heterocycles. The van der Waals surface area contributed by atoms with Crippen molar-refractivity contribution in [3.8, 4) is 0 Å². The van der Waals surface area contributed by atoms with Gasteiger partial charge in [-0.3, -0.25) is 4.79 Å². The molecule has 1 aromatic carbocycles. The Hall–Kier alpha value is -0.330. The van der Waals surface area contributed by atoms with Crippen LogP contribution in [0.2, 0.25) is 5.02 Å². The van der Waals surface area contributed by atoms with Crippen molar-refractivity contribution in [1.82, 2.24) is 4.90 Å². The van der Waals surface area contributed by atoms with Gasteiger partial charge in [-0.1, -0.05) is 24.4 Å². The van der Waals surface area contributed by atoms with Crippen LogP contribution in [0.3, 0.4) is 0 Å². The molecule has 0 saturated heterocycles. The molecule has 2 unspecified atom stereocenters. The molecule has 3 nitrogen and oxygen atoms in total. The van der Waals surface area contributed by atoms with Gasteiger partial charge in [0.15, 0.2) is 0 Å². The van der Waals surface area contributed by atoms with Gasteiger partial charge >= 0.3 is 0 Å². The van der Waals surface area contributed by atoms with Crippen LogP contribution in [0.15, 0.2) is 18.2 Å². The van der Waals surface area contributed by atoms with Gasteiger partial charge in [-0.25, -0.2) is 0 Å². The second kappa shape index (κ2) is 7.79. The second-order valence-electron chi connectivity index (χ2n) is 5.56. The molecule has 2 rings (SSSR count). The van der Waals surface area contributed by atoms with Crippen LogP contribution in [-0.4, -0.2) is 29.9 Å². The van der Waals surface area contributed by atoms with Gasteiger partial charge in [-0.05, 0) is 73.0 Å². The maximum atomic E-state index is 12.9. The Kier molecular flexibility index (Phi) is 6.32. The molecule has 1 fully saturated rings.